The third-order valence-corrected chi connectivity index (χ3v) is 6.97. The van der Waals surface area contributed by atoms with E-state index in [0.717, 1.165) is 34.5 Å². The van der Waals surface area contributed by atoms with Crippen LogP contribution in [-0.4, -0.2) is 34.3 Å². The molecule has 2 saturated carbocycles. The zero-order chi connectivity index (χ0) is 22.8. The van der Waals surface area contributed by atoms with E-state index in [1.165, 1.54) is 43.9 Å². The molecule has 1 heterocycles. The van der Waals surface area contributed by atoms with Crippen molar-refractivity contribution >= 4 is 18.0 Å². The van der Waals surface area contributed by atoms with E-state index in [9.17, 15) is 14.0 Å². The first-order chi connectivity index (χ1) is 15.3. The zero-order valence-corrected chi connectivity index (χ0v) is 18.8. The van der Waals surface area contributed by atoms with E-state index >= 15 is 0 Å². The largest absolute Gasteiger partial charge is 0.452 e. The first kappa shape index (κ1) is 22.2. The lowest BCUT2D eigenvalue weighted by molar-refractivity contribution is -0.144. The van der Waals surface area contributed by atoms with Crippen molar-refractivity contribution in [2.75, 3.05) is 6.61 Å². The van der Waals surface area contributed by atoms with Crippen LogP contribution in [0.5, 0.6) is 0 Å². The quantitative estimate of drug-likeness (QED) is 0.520. The minimum absolute atomic E-state index is 0.106. The van der Waals surface area contributed by atoms with E-state index in [-0.39, 0.29) is 24.4 Å². The van der Waals surface area contributed by atoms with Gasteiger partial charge in [-0.2, -0.15) is 5.10 Å². The topological polar surface area (TPSA) is 73.2 Å². The fourth-order valence-corrected chi connectivity index (χ4v) is 5.37. The zero-order valence-electron chi connectivity index (χ0n) is 18.8. The van der Waals surface area contributed by atoms with Crippen molar-refractivity contribution in [2.45, 2.75) is 52.5 Å². The molecule has 4 atom stereocenters. The molecule has 2 aliphatic carbocycles. The maximum absolute atomic E-state index is 13.2. The molecule has 6 nitrogen and oxygen atoms in total. The van der Waals surface area contributed by atoms with Crippen molar-refractivity contribution in [1.29, 1.82) is 0 Å². The highest BCUT2D eigenvalue weighted by molar-refractivity contribution is 5.89. The average molecular weight is 440 g/mol. The van der Waals surface area contributed by atoms with Crippen LogP contribution in [-0.2, 0) is 14.3 Å². The number of nitrogens with zero attached hydrogens (tertiary/aromatic N) is 2. The molecule has 1 N–H and O–H groups in total. The molecule has 32 heavy (non-hydrogen) atoms. The first-order valence-electron chi connectivity index (χ1n) is 11.3. The molecule has 1 amide bonds. The Morgan fingerprint density at radius 3 is 2.66 bits per heavy atom. The monoisotopic (exact) mass is 439 g/mol. The number of halogens is 1. The van der Waals surface area contributed by atoms with E-state index in [2.05, 4.69) is 17.3 Å². The van der Waals surface area contributed by atoms with E-state index in [4.69, 9.17) is 4.74 Å². The van der Waals surface area contributed by atoms with Gasteiger partial charge in [-0.05, 0) is 88.1 Å². The highest BCUT2D eigenvalue weighted by Crippen LogP contribution is 2.49. The molecule has 0 aliphatic heterocycles. The van der Waals surface area contributed by atoms with Gasteiger partial charge in [0.15, 0.2) is 6.61 Å². The Morgan fingerprint density at radius 1 is 1.25 bits per heavy atom. The van der Waals surface area contributed by atoms with Crippen LogP contribution in [0.3, 0.4) is 0 Å². The molecule has 4 rings (SSSR count). The molecule has 1 aromatic heterocycles. The number of nitrogens with one attached hydrogen (secondary N) is 1. The number of hydrogen-bond acceptors (Lipinski definition) is 4. The van der Waals surface area contributed by atoms with Crippen LogP contribution in [0.2, 0.25) is 0 Å². The Hall–Kier alpha value is -2.96. The van der Waals surface area contributed by atoms with Gasteiger partial charge in [-0.1, -0.05) is 6.42 Å². The fraction of sp³-hybridized carbons (Fsp3) is 0.480. The SMILES string of the molecule is Cc1nn(-c2ccc(F)cc2)c(C)c1/C=C/C(=O)OCC(=O)NC(C)C1CC2CCC1C2. The van der Waals surface area contributed by atoms with Crippen molar-refractivity contribution in [3.63, 3.8) is 0 Å². The Kier molecular flexibility index (Phi) is 6.44. The van der Waals surface area contributed by atoms with Crippen LogP contribution in [0.1, 0.15) is 49.6 Å². The number of ether oxygens (including phenoxy) is 1. The summed E-state index contributed by atoms with van der Waals surface area (Å²) in [6.45, 7) is 5.47. The minimum Gasteiger partial charge on any atom is -0.452 e. The molecule has 4 unspecified atom stereocenters. The Morgan fingerprint density at radius 2 is 2.00 bits per heavy atom. The van der Waals surface area contributed by atoms with Gasteiger partial charge in [0.2, 0.25) is 0 Å². The number of rotatable bonds is 7. The molecule has 1 aromatic carbocycles. The van der Waals surface area contributed by atoms with Gasteiger partial charge in [-0.3, -0.25) is 4.79 Å². The molecule has 2 aromatic rings. The standard InChI is InChI=1S/C25H30FN3O3/c1-15(23-13-18-4-5-19(23)12-18)27-24(30)14-32-25(31)11-10-22-16(2)28-29(17(22)3)21-8-6-20(26)7-9-21/h6-11,15,18-19,23H,4-5,12-14H2,1-3H3,(H,27,30)/b11-10+. The number of carbonyl (C=O) groups is 2. The third kappa shape index (κ3) is 4.76. The number of aromatic nitrogens is 2. The molecule has 2 bridgehead atoms. The van der Waals surface area contributed by atoms with Crippen LogP contribution in [0.15, 0.2) is 30.3 Å². The summed E-state index contributed by atoms with van der Waals surface area (Å²) in [5.41, 5.74) is 3.06. The number of carbonyl (C=O) groups excluding carboxylic acids is 2. The van der Waals surface area contributed by atoms with Crippen LogP contribution < -0.4 is 5.32 Å². The minimum atomic E-state index is -0.582. The molecule has 2 fully saturated rings. The Labute approximate surface area is 187 Å². The van der Waals surface area contributed by atoms with Gasteiger partial charge in [-0.15, -0.1) is 0 Å². The van der Waals surface area contributed by atoms with Crippen molar-refractivity contribution in [1.82, 2.24) is 15.1 Å². The summed E-state index contributed by atoms with van der Waals surface area (Å²) in [6, 6.07) is 6.15. The summed E-state index contributed by atoms with van der Waals surface area (Å²) in [5, 5.41) is 7.47. The number of fused-ring (bicyclic) bond motifs is 2. The molecule has 0 saturated heterocycles. The predicted molar refractivity (Wildman–Crippen MR) is 120 cm³/mol. The van der Waals surface area contributed by atoms with Crippen LogP contribution in [0.25, 0.3) is 11.8 Å². The van der Waals surface area contributed by atoms with Crippen molar-refractivity contribution in [3.05, 3.63) is 53.1 Å². The van der Waals surface area contributed by atoms with Gasteiger partial charge in [0, 0.05) is 23.4 Å². The number of benzene rings is 1. The maximum Gasteiger partial charge on any atom is 0.331 e. The van der Waals surface area contributed by atoms with Gasteiger partial charge in [0.05, 0.1) is 11.4 Å². The average Bonchev–Trinajstić information content (AvgIpc) is 3.47. The summed E-state index contributed by atoms with van der Waals surface area (Å²) in [5.74, 6) is 0.929. The lowest BCUT2D eigenvalue weighted by Gasteiger charge is -2.28. The van der Waals surface area contributed by atoms with Crippen molar-refractivity contribution in [2.24, 2.45) is 17.8 Å². The highest BCUT2D eigenvalue weighted by Gasteiger charge is 2.42. The number of esters is 1. The highest BCUT2D eigenvalue weighted by atomic mass is 19.1. The van der Waals surface area contributed by atoms with Crippen LogP contribution >= 0.6 is 0 Å². The van der Waals surface area contributed by atoms with Gasteiger partial charge < -0.3 is 10.1 Å². The summed E-state index contributed by atoms with van der Waals surface area (Å²) < 4.78 is 20.0. The van der Waals surface area contributed by atoms with Crippen molar-refractivity contribution in [3.8, 4) is 5.69 Å². The van der Waals surface area contributed by atoms with Crippen LogP contribution in [0.4, 0.5) is 4.39 Å². The number of amides is 1. The maximum atomic E-state index is 13.2. The molecular formula is C25H30FN3O3. The van der Waals surface area contributed by atoms with Gasteiger partial charge in [-0.25, -0.2) is 13.9 Å². The second kappa shape index (κ2) is 9.27. The summed E-state index contributed by atoms with van der Waals surface area (Å²) in [7, 11) is 0. The molecule has 0 radical (unpaired) electrons. The number of aryl methyl sites for hydroxylation is 1. The molecule has 0 spiro atoms. The fourth-order valence-electron chi connectivity index (χ4n) is 5.37. The van der Waals surface area contributed by atoms with E-state index in [1.807, 2.05) is 13.8 Å². The predicted octanol–water partition coefficient (Wildman–Crippen LogP) is 4.13. The summed E-state index contributed by atoms with van der Waals surface area (Å²) >= 11 is 0. The van der Waals surface area contributed by atoms with Gasteiger partial charge in [0.25, 0.3) is 5.91 Å². The van der Waals surface area contributed by atoms with E-state index < -0.39 is 5.97 Å². The molecule has 7 heteroatoms. The summed E-state index contributed by atoms with van der Waals surface area (Å²) in [6.07, 6.45) is 8.02. The smallest absolute Gasteiger partial charge is 0.331 e. The normalized spacial score (nSPS) is 22.9. The Balaban J connectivity index is 1.30. The van der Waals surface area contributed by atoms with Gasteiger partial charge in [0.1, 0.15) is 5.82 Å². The Bertz CT molecular complexity index is 1030. The first-order valence-corrected chi connectivity index (χ1v) is 11.3. The second-order valence-corrected chi connectivity index (χ2v) is 9.11. The third-order valence-electron chi connectivity index (χ3n) is 6.97. The molecular weight excluding hydrogens is 409 g/mol. The lowest BCUT2D eigenvalue weighted by atomic mass is 9.84. The van der Waals surface area contributed by atoms with Crippen LogP contribution in [0, 0.1) is 37.4 Å². The molecule has 2 aliphatic rings. The van der Waals surface area contributed by atoms with Crippen molar-refractivity contribution < 1.29 is 18.7 Å². The van der Waals surface area contributed by atoms with Gasteiger partial charge >= 0.3 is 5.97 Å². The molecule has 170 valence electrons. The number of hydrogen-bond donors (Lipinski definition) is 1. The van der Waals surface area contributed by atoms with E-state index in [1.54, 1.807) is 22.9 Å². The van der Waals surface area contributed by atoms with E-state index in [0.29, 0.717) is 5.92 Å². The summed E-state index contributed by atoms with van der Waals surface area (Å²) in [4.78, 5) is 24.4. The second-order valence-electron chi connectivity index (χ2n) is 9.11. The lowest BCUT2D eigenvalue weighted by Crippen LogP contribution is -2.41.